The van der Waals surface area contributed by atoms with Gasteiger partial charge in [0, 0.05) is 0 Å². The van der Waals surface area contributed by atoms with Crippen molar-refractivity contribution in [3.8, 4) is 11.5 Å². The third kappa shape index (κ3) is 5.49. The van der Waals surface area contributed by atoms with Gasteiger partial charge in [0.25, 0.3) is 15.9 Å². The van der Waals surface area contributed by atoms with E-state index < -0.39 is 22.0 Å². The minimum atomic E-state index is -3.89. The van der Waals surface area contributed by atoms with Crippen molar-refractivity contribution in [1.29, 1.82) is 0 Å². The Morgan fingerprint density at radius 3 is 2.47 bits per heavy atom. The highest BCUT2D eigenvalue weighted by atomic mass is 32.2. The van der Waals surface area contributed by atoms with E-state index >= 15 is 0 Å². The summed E-state index contributed by atoms with van der Waals surface area (Å²) in [6, 6.07) is 21.3. The molecule has 1 aliphatic heterocycles. The van der Waals surface area contributed by atoms with Crippen LogP contribution in [0.3, 0.4) is 0 Å². The van der Waals surface area contributed by atoms with Crippen molar-refractivity contribution in [3.05, 3.63) is 83.9 Å². The Bertz CT molecular complexity index is 1330. The summed E-state index contributed by atoms with van der Waals surface area (Å²) in [6.07, 6.45) is -0.999. The molecule has 0 radical (unpaired) electrons. The van der Waals surface area contributed by atoms with Crippen LogP contribution in [0.5, 0.6) is 11.5 Å². The van der Waals surface area contributed by atoms with Gasteiger partial charge in [0.2, 0.25) is 0 Å². The smallest absolute Gasteiger partial charge is 0.264 e. The molecule has 0 fully saturated rings. The van der Waals surface area contributed by atoms with Gasteiger partial charge in [-0.15, -0.1) is 0 Å². The largest absolute Gasteiger partial charge is 0.491 e. The molecule has 7 nitrogen and oxygen atoms in total. The van der Waals surface area contributed by atoms with Crippen molar-refractivity contribution in [1.82, 2.24) is 5.32 Å². The van der Waals surface area contributed by atoms with E-state index in [1.165, 1.54) is 4.31 Å². The van der Waals surface area contributed by atoms with E-state index in [9.17, 15) is 13.2 Å². The summed E-state index contributed by atoms with van der Waals surface area (Å²) in [7, 11) is -3.89. The number of carbonyl (C=O) groups is 1. The van der Waals surface area contributed by atoms with Crippen molar-refractivity contribution < 1.29 is 22.7 Å². The number of para-hydroxylation sites is 1. The maximum Gasteiger partial charge on any atom is 0.264 e. The van der Waals surface area contributed by atoms with Crippen LogP contribution >= 0.6 is 0 Å². The molecule has 0 saturated carbocycles. The maximum atomic E-state index is 13.5. The van der Waals surface area contributed by atoms with Crippen molar-refractivity contribution in [3.63, 3.8) is 0 Å². The summed E-state index contributed by atoms with van der Waals surface area (Å²) in [4.78, 5) is 13.2. The number of hydrogen-bond donors (Lipinski definition) is 1. The summed E-state index contributed by atoms with van der Waals surface area (Å²) in [5.74, 6) is 0.724. The number of nitrogens with one attached hydrogen (secondary N) is 1. The van der Waals surface area contributed by atoms with Crippen LogP contribution < -0.4 is 19.1 Å². The SMILES string of the molecule is Cc1ccc2c(c1)N(S(=O)(=O)c1ccccc1)C[C@@H](C(=O)NCCOc1ccccc1C(C)(C)C)O2. The molecule has 36 heavy (non-hydrogen) atoms. The average Bonchev–Trinajstić information content (AvgIpc) is 2.86. The van der Waals surface area contributed by atoms with Gasteiger partial charge in [-0.05, 0) is 53.8 Å². The van der Waals surface area contributed by atoms with Crippen LogP contribution in [0.4, 0.5) is 5.69 Å². The van der Waals surface area contributed by atoms with E-state index in [2.05, 4.69) is 26.1 Å². The van der Waals surface area contributed by atoms with Gasteiger partial charge in [0.05, 0.1) is 23.7 Å². The molecule has 190 valence electrons. The Morgan fingerprint density at radius 1 is 1.06 bits per heavy atom. The number of amides is 1. The lowest BCUT2D eigenvalue weighted by atomic mass is 9.86. The Morgan fingerprint density at radius 2 is 1.75 bits per heavy atom. The molecular weight excluding hydrogens is 476 g/mol. The molecule has 0 saturated heterocycles. The maximum absolute atomic E-state index is 13.5. The number of ether oxygens (including phenoxy) is 2. The first-order valence-corrected chi connectivity index (χ1v) is 13.4. The number of anilines is 1. The molecule has 1 amide bonds. The van der Waals surface area contributed by atoms with Gasteiger partial charge in [0.15, 0.2) is 6.10 Å². The molecule has 4 rings (SSSR count). The normalized spacial score (nSPS) is 15.6. The Kier molecular flexibility index (Phi) is 7.26. The zero-order valence-electron chi connectivity index (χ0n) is 21.0. The Labute approximate surface area is 213 Å². The quantitative estimate of drug-likeness (QED) is 0.477. The van der Waals surface area contributed by atoms with E-state index in [1.807, 2.05) is 37.3 Å². The van der Waals surface area contributed by atoms with E-state index in [4.69, 9.17) is 9.47 Å². The lowest BCUT2D eigenvalue weighted by Gasteiger charge is -2.35. The van der Waals surface area contributed by atoms with Crippen molar-refractivity contribution in [2.45, 2.75) is 44.1 Å². The van der Waals surface area contributed by atoms with Crippen LogP contribution in [0.1, 0.15) is 31.9 Å². The fourth-order valence-corrected chi connectivity index (χ4v) is 5.60. The van der Waals surface area contributed by atoms with Gasteiger partial charge in [0.1, 0.15) is 18.1 Å². The molecule has 1 aliphatic rings. The van der Waals surface area contributed by atoms with Crippen molar-refractivity contribution >= 4 is 21.6 Å². The number of rotatable bonds is 7. The minimum Gasteiger partial charge on any atom is -0.491 e. The van der Waals surface area contributed by atoms with Gasteiger partial charge in [-0.1, -0.05) is 63.2 Å². The molecule has 1 N–H and O–H groups in total. The second kappa shape index (κ2) is 10.2. The first-order chi connectivity index (χ1) is 17.1. The van der Waals surface area contributed by atoms with Crippen molar-refractivity contribution in [2.24, 2.45) is 0 Å². The van der Waals surface area contributed by atoms with E-state index in [0.717, 1.165) is 16.9 Å². The number of fused-ring (bicyclic) bond motifs is 1. The van der Waals surface area contributed by atoms with E-state index in [0.29, 0.717) is 11.4 Å². The van der Waals surface area contributed by atoms with E-state index in [1.54, 1.807) is 42.5 Å². The molecule has 1 heterocycles. The number of aryl methyl sites for hydroxylation is 1. The molecule has 0 aliphatic carbocycles. The summed E-state index contributed by atoms with van der Waals surface area (Å²) in [5, 5.41) is 2.82. The molecule has 0 aromatic heterocycles. The summed E-state index contributed by atoms with van der Waals surface area (Å²) < 4.78 is 40.1. The standard InChI is InChI=1S/C28H32N2O5S/c1-20-14-15-25-23(18-20)30(36(32,33)21-10-6-5-7-11-21)19-26(35-25)27(31)29-16-17-34-24-13-9-8-12-22(24)28(2,3)4/h5-15,18,26H,16-17,19H2,1-4H3,(H,29,31)/t26-/m0/s1. The molecule has 0 spiro atoms. The van der Waals surface area contributed by atoms with Gasteiger partial charge < -0.3 is 14.8 Å². The molecule has 3 aromatic rings. The van der Waals surface area contributed by atoms with Crippen LogP contribution in [0.15, 0.2) is 77.7 Å². The second-order valence-corrected chi connectivity index (χ2v) is 11.7. The minimum absolute atomic E-state index is 0.0742. The average molecular weight is 509 g/mol. The third-order valence-electron chi connectivity index (χ3n) is 5.96. The molecule has 8 heteroatoms. The highest BCUT2D eigenvalue weighted by Gasteiger charge is 2.37. The molecule has 0 unspecified atom stereocenters. The first-order valence-electron chi connectivity index (χ1n) is 11.9. The van der Waals surface area contributed by atoms with Crippen LogP contribution in [-0.4, -0.2) is 40.1 Å². The van der Waals surface area contributed by atoms with Crippen LogP contribution in [0.2, 0.25) is 0 Å². The molecule has 3 aromatic carbocycles. The second-order valence-electron chi connectivity index (χ2n) is 9.81. The number of sulfonamides is 1. The van der Waals surface area contributed by atoms with Gasteiger partial charge in [-0.25, -0.2) is 8.42 Å². The highest BCUT2D eigenvalue weighted by molar-refractivity contribution is 7.92. The van der Waals surface area contributed by atoms with Gasteiger partial charge >= 0.3 is 0 Å². The fourth-order valence-electron chi connectivity index (χ4n) is 4.11. The summed E-state index contributed by atoms with van der Waals surface area (Å²) >= 11 is 0. The van der Waals surface area contributed by atoms with Crippen LogP contribution in [-0.2, 0) is 20.2 Å². The van der Waals surface area contributed by atoms with Gasteiger partial charge in [-0.3, -0.25) is 9.10 Å². The zero-order valence-corrected chi connectivity index (χ0v) is 21.8. The molecule has 1 atom stereocenters. The Balaban J connectivity index is 1.47. The fraction of sp³-hybridized carbons (Fsp3) is 0.321. The molecular formula is C28H32N2O5S. The number of hydrogen-bond acceptors (Lipinski definition) is 5. The van der Waals surface area contributed by atoms with Gasteiger partial charge in [-0.2, -0.15) is 0 Å². The topological polar surface area (TPSA) is 84.9 Å². The predicted octanol–water partition coefficient (Wildman–Crippen LogP) is 4.44. The van der Waals surface area contributed by atoms with E-state index in [-0.39, 0.29) is 30.0 Å². The summed E-state index contributed by atoms with van der Waals surface area (Å²) in [6.45, 7) is 8.62. The Hall–Kier alpha value is -3.52. The lowest BCUT2D eigenvalue weighted by Crippen LogP contribution is -2.51. The van der Waals surface area contributed by atoms with Crippen molar-refractivity contribution in [2.75, 3.05) is 24.0 Å². The predicted molar refractivity (Wildman–Crippen MR) is 140 cm³/mol. The highest BCUT2D eigenvalue weighted by Crippen LogP contribution is 2.37. The zero-order chi connectivity index (χ0) is 25.9. The molecule has 0 bridgehead atoms. The summed E-state index contributed by atoms with van der Waals surface area (Å²) in [5.41, 5.74) is 2.32. The van der Waals surface area contributed by atoms with Crippen LogP contribution in [0, 0.1) is 6.92 Å². The third-order valence-corrected chi connectivity index (χ3v) is 7.76. The van der Waals surface area contributed by atoms with Crippen LogP contribution in [0.25, 0.3) is 0 Å². The number of nitrogens with zero attached hydrogens (tertiary/aromatic N) is 1. The number of benzene rings is 3. The lowest BCUT2D eigenvalue weighted by molar-refractivity contribution is -0.127. The monoisotopic (exact) mass is 508 g/mol. The first kappa shape index (κ1) is 25.6. The number of carbonyl (C=O) groups excluding carboxylic acids is 1.